The molecule has 3 rings (SSSR count). The first kappa shape index (κ1) is 16.8. The fourth-order valence-corrected chi connectivity index (χ4v) is 5.97. The number of hydrogen-bond acceptors (Lipinski definition) is 5. The number of amides is 1. The number of pyridine rings is 1. The average Bonchev–Trinajstić information content (AvgIpc) is 3.17. The molecular formula is C16H22N2O3S2. The van der Waals surface area contributed by atoms with E-state index in [9.17, 15) is 13.2 Å². The van der Waals surface area contributed by atoms with E-state index in [4.69, 9.17) is 0 Å². The lowest BCUT2D eigenvalue weighted by molar-refractivity contribution is -0.132. The van der Waals surface area contributed by atoms with E-state index in [0.29, 0.717) is 12.2 Å². The molecule has 7 heteroatoms. The van der Waals surface area contributed by atoms with Crippen molar-refractivity contribution in [2.45, 2.75) is 49.2 Å². The smallest absolute Gasteiger partial charge is 0.233 e. The minimum atomic E-state index is -2.98. The van der Waals surface area contributed by atoms with E-state index in [2.05, 4.69) is 4.98 Å². The van der Waals surface area contributed by atoms with Gasteiger partial charge in [-0.1, -0.05) is 30.7 Å². The number of hydrogen-bond donors (Lipinski definition) is 0. The fraction of sp³-hybridized carbons (Fsp3) is 0.625. The third-order valence-corrected chi connectivity index (χ3v) is 7.27. The molecule has 1 amide bonds. The molecule has 1 aliphatic heterocycles. The Morgan fingerprint density at radius 2 is 2.00 bits per heavy atom. The van der Waals surface area contributed by atoms with Crippen LogP contribution in [0.1, 0.15) is 32.1 Å². The maximum Gasteiger partial charge on any atom is 0.233 e. The number of carbonyl (C=O) groups is 1. The monoisotopic (exact) mass is 354 g/mol. The van der Waals surface area contributed by atoms with E-state index >= 15 is 0 Å². The number of rotatable bonds is 5. The highest BCUT2D eigenvalue weighted by molar-refractivity contribution is 7.99. The van der Waals surface area contributed by atoms with Gasteiger partial charge in [0, 0.05) is 18.3 Å². The van der Waals surface area contributed by atoms with Gasteiger partial charge in [-0.25, -0.2) is 13.4 Å². The minimum absolute atomic E-state index is 0.0506. The van der Waals surface area contributed by atoms with E-state index in [0.717, 1.165) is 30.7 Å². The standard InChI is InChI=1S/C16H22N2O3S2/c19-16(11-22-15-7-3-4-9-17-15)18(13-5-1-2-6-13)14-8-10-23(20,21)12-14/h3-4,7,9,13-14H,1-2,5-6,8,10-12H2/t14-/m0/s1. The first-order valence-electron chi connectivity index (χ1n) is 8.10. The third-order valence-electron chi connectivity index (χ3n) is 4.59. The molecule has 126 valence electrons. The van der Waals surface area contributed by atoms with Gasteiger partial charge < -0.3 is 4.90 Å². The third kappa shape index (κ3) is 4.26. The second-order valence-corrected chi connectivity index (χ2v) is 9.48. The second-order valence-electron chi connectivity index (χ2n) is 6.25. The quantitative estimate of drug-likeness (QED) is 0.758. The lowest BCUT2D eigenvalue weighted by Crippen LogP contribution is -2.47. The Bertz CT molecular complexity index is 643. The van der Waals surface area contributed by atoms with E-state index in [-0.39, 0.29) is 29.5 Å². The SMILES string of the molecule is O=C(CSc1ccccn1)N(C1CCCC1)[C@H]1CCS(=O)(=O)C1. The molecule has 1 atom stereocenters. The number of thioether (sulfide) groups is 1. The summed E-state index contributed by atoms with van der Waals surface area (Å²) in [5.74, 6) is 0.712. The highest BCUT2D eigenvalue weighted by Crippen LogP contribution is 2.30. The van der Waals surface area contributed by atoms with Crippen LogP contribution in [-0.2, 0) is 14.6 Å². The van der Waals surface area contributed by atoms with Crippen molar-refractivity contribution in [1.29, 1.82) is 0 Å². The van der Waals surface area contributed by atoms with E-state index in [1.165, 1.54) is 11.8 Å². The predicted molar refractivity (Wildman–Crippen MR) is 91.1 cm³/mol. The van der Waals surface area contributed by atoms with Gasteiger partial charge in [-0.2, -0.15) is 0 Å². The van der Waals surface area contributed by atoms with Gasteiger partial charge in [0.25, 0.3) is 0 Å². The molecule has 1 aliphatic carbocycles. The molecule has 2 heterocycles. The summed E-state index contributed by atoms with van der Waals surface area (Å²) >= 11 is 1.42. The van der Waals surface area contributed by atoms with Crippen LogP contribution in [0, 0.1) is 0 Å². The maximum absolute atomic E-state index is 12.8. The van der Waals surface area contributed by atoms with Crippen molar-refractivity contribution in [3.63, 3.8) is 0 Å². The average molecular weight is 354 g/mol. The van der Waals surface area contributed by atoms with E-state index in [1.54, 1.807) is 6.20 Å². The van der Waals surface area contributed by atoms with Gasteiger partial charge >= 0.3 is 0 Å². The molecule has 2 fully saturated rings. The van der Waals surface area contributed by atoms with Gasteiger partial charge in [-0.3, -0.25) is 4.79 Å². The molecule has 1 saturated carbocycles. The topological polar surface area (TPSA) is 67.3 Å². The minimum Gasteiger partial charge on any atom is -0.335 e. The van der Waals surface area contributed by atoms with Gasteiger partial charge in [0.1, 0.15) is 0 Å². The number of sulfone groups is 1. The lowest BCUT2D eigenvalue weighted by Gasteiger charge is -2.34. The summed E-state index contributed by atoms with van der Waals surface area (Å²) in [6.07, 6.45) is 6.54. The maximum atomic E-state index is 12.8. The van der Waals surface area contributed by atoms with Crippen LogP contribution in [0.3, 0.4) is 0 Å². The van der Waals surface area contributed by atoms with E-state index < -0.39 is 9.84 Å². The van der Waals surface area contributed by atoms with Crippen LogP contribution < -0.4 is 0 Å². The summed E-state index contributed by atoms with van der Waals surface area (Å²) in [5, 5.41) is 0.825. The zero-order valence-corrected chi connectivity index (χ0v) is 14.7. The van der Waals surface area contributed by atoms with Crippen molar-refractivity contribution in [2.24, 2.45) is 0 Å². The van der Waals surface area contributed by atoms with Crippen molar-refractivity contribution in [3.05, 3.63) is 24.4 Å². The van der Waals surface area contributed by atoms with Crippen LogP contribution >= 0.6 is 11.8 Å². The number of aromatic nitrogens is 1. The van der Waals surface area contributed by atoms with Crippen molar-refractivity contribution < 1.29 is 13.2 Å². The fourth-order valence-electron chi connectivity index (χ4n) is 3.53. The Labute approximate surface area is 141 Å². The number of nitrogens with zero attached hydrogens (tertiary/aromatic N) is 2. The zero-order valence-electron chi connectivity index (χ0n) is 13.1. The normalized spacial score (nSPS) is 23.9. The summed E-state index contributed by atoms with van der Waals surface area (Å²) < 4.78 is 23.6. The summed E-state index contributed by atoms with van der Waals surface area (Å²) in [7, 11) is -2.98. The molecule has 0 bridgehead atoms. The summed E-state index contributed by atoms with van der Waals surface area (Å²) in [5.41, 5.74) is 0. The van der Waals surface area contributed by atoms with Crippen molar-refractivity contribution in [1.82, 2.24) is 9.88 Å². The van der Waals surface area contributed by atoms with Crippen LogP contribution in [0.5, 0.6) is 0 Å². The van der Waals surface area contributed by atoms with Crippen molar-refractivity contribution in [2.75, 3.05) is 17.3 Å². The Morgan fingerprint density at radius 3 is 2.61 bits per heavy atom. The molecule has 1 aromatic rings. The van der Waals surface area contributed by atoms with Crippen molar-refractivity contribution >= 4 is 27.5 Å². The molecule has 2 aliphatic rings. The molecule has 1 aromatic heterocycles. The molecule has 0 aromatic carbocycles. The Kier molecular flexibility index (Phi) is 5.26. The van der Waals surface area contributed by atoms with Gasteiger partial charge in [0.2, 0.25) is 5.91 Å². The van der Waals surface area contributed by atoms with Gasteiger partial charge in [-0.05, 0) is 31.4 Å². The van der Waals surface area contributed by atoms with Crippen LogP contribution in [0.4, 0.5) is 0 Å². The Balaban J connectivity index is 1.68. The molecule has 0 N–H and O–H groups in total. The Hall–Kier alpha value is -1.08. The first-order valence-corrected chi connectivity index (χ1v) is 10.9. The summed E-state index contributed by atoms with van der Waals surface area (Å²) in [6, 6.07) is 5.71. The molecule has 23 heavy (non-hydrogen) atoms. The molecule has 1 saturated heterocycles. The lowest BCUT2D eigenvalue weighted by atomic mass is 10.1. The molecular weight excluding hydrogens is 332 g/mol. The zero-order chi connectivity index (χ0) is 16.3. The van der Waals surface area contributed by atoms with Crippen molar-refractivity contribution in [3.8, 4) is 0 Å². The highest BCUT2D eigenvalue weighted by Gasteiger charge is 2.38. The first-order chi connectivity index (χ1) is 11.1. The van der Waals surface area contributed by atoms with E-state index in [1.807, 2.05) is 23.1 Å². The van der Waals surface area contributed by atoms with Crippen LogP contribution in [0.15, 0.2) is 29.4 Å². The molecule has 0 radical (unpaired) electrons. The second kappa shape index (κ2) is 7.21. The molecule has 0 spiro atoms. The van der Waals surface area contributed by atoms with Gasteiger partial charge in [0.15, 0.2) is 9.84 Å². The van der Waals surface area contributed by atoms with Crippen LogP contribution in [-0.4, -0.2) is 53.6 Å². The Morgan fingerprint density at radius 1 is 1.22 bits per heavy atom. The largest absolute Gasteiger partial charge is 0.335 e. The van der Waals surface area contributed by atoms with Crippen LogP contribution in [0.25, 0.3) is 0 Å². The predicted octanol–water partition coefficient (Wildman–Crippen LogP) is 2.13. The number of carbonyl (C=O) groups excluding carboxylic acids is 1. The molecule has 5 nitrogen and oxygen atoms in total. The van der Waals surface area contributed by atoms with Crippen LogP contribution in [0.2, 0.25) is 0 Å². The summed E-state index contributed by atoms with van der Waals surface area (Å²) in [6.45, 7) is 0. The summed E-state index contributed by atoms with van der Waals surface area (Å²) in [4.78, 5) is 18.9. The van der Waals surface area contributed by atoms with Gasteiger partial charge in [-0.15, -0.1) is 0 Å². The molecule has 0 unspecified atom stereocenters. The van der Waals surface area contributed by atoms with Gasteiger partial charge in [0.05, 0.1) is 22.3 Å². The highest BCUT2D eigenvalue weighted by atomic mass is 32.2.